The van der Waals surface area contributed by atoms with E-state index in [2.05, 4.69) is 9.51 Å². The molecule has 0 unspecified atom stereocenters. The number of ether oxygens (including phenoxy) is 1. The van der Waals surface area contributed by atoms with Crippen molar-refractivity contribution in [1.29, 1.82) is 0 Å². The molecule has 118 valence electrons. The van der Waals surface area contributed by atoms with Gasteiger partial charge in [0.2, 0.25) is 0 Å². The first-order chi connectivity index (χ1) is 9.73. The Morgan fingerprint density at radius 1 is 1.57 bits per heavy atom. The fraction of sp³-hybridized carbons (Fsp3) is 0.556. The highest BCUT2D eigenvalue weighted by atomic mass is 31.2. The van der Waals surface area contributed by atoms with Crippen LogP contribution in [0.1, 0.15) is 6.23 Å². The van der Waals surface area contributed by atoms with Crippen LogP contribution >= 0.6 is 7.82 Å². The van der Waals surface area contributed by atoms with Crippen LogP contribution in [0, 0.1) is 0 Å². The van der Waals surface area contributed by atoms with E-state index in [-0.39, 0.29) is 5.82 Å². The summed E-state index contributed by atoms with van der Waals surface area (Å²) in [6.07, 6.45) is -4.82. The number of nitrogens with two attached hydrogens (primary N) is 1. The number of nitrogens with zero attached hydrogens (tertiary/aromatic N) is 2. The Bertz CT molecular complexity index is 615. The second-order valence-electron chi connectivity index (χ2n) is 4.30. The SMILES string of the molecule is Nc1ccn([C@H]2O[C@H](CO)[C@@H](OP(=O)([O-])[O-])[C@@H]2O)c(=O)n1. The van der Waals surface area contributed by atoms with Crippen LogP contribution in [0.4, 0.5) is 5.82 Å². The molecule has 1 aliphatic rings. The zero-order valence-electron chi connectivity index (χ0n) is 10.4. The molecule has 21 heavy (non-hydrogen) atoms. The van der Waals surface area contributed by atoms with E-state index in [4.69, 9.17) is 15.6 Å². The van der Waals surface area contributed by atoms with Gasteiger partial charge in [0.05, 0.1) is 14.4 Å². The van der Waals surface area contributed by atoms with Gasteiger partial charge in [-0.05, 0) is 6.07 Å². The average molecular weight is 321 g/mol. The maximum Gasteiger partial charge on any atom is 0.351 e. The molecule has 2 rings (SSSR count). The van der Waals surface area contributed by atoms with Gasteiger partial charge in [-0.1, -0.05) is 0 Å². The molecule has 0 aliphatic carbocycles. The zero-order chi connectivity index (χ0) is 15.8. The molecule has 4 atom stereocenters. The minimum absolute atomic E-state index is 0.0566. The highest BCUT2D eigenvalue weighted by molar-refractivity contribution is 7.43. The van der Waals surface area contributed by atoms with Gasteiger partial charge in [0.25, 0.3) is 0 Å². The summed E-state index contributed by atoms with van der Waals surface area (Å²) >= 11 is 0. The Kier molecular flexibility index (Phi) is 4.44. The first kappa shape index (κ1) is 16.0. The number of hydrogen-bond acceptors (Lipinski definition) is 10. The summed E-state index contributed by atoms with van der Waals surface area (Å²) in [4.78, 5) is 36.4. The lowest BCUT2D eigenvalue weighted by atomic mass is 10.1. The molecular weight excluding hydrogens is 309 g/mol. The fourth-order valence-corrected chi connectivity index (χ4v) is 2.55. The van der Waals surface area contributed by atoms with Crippen LogP contribution in [-0.4, -0.2) is 44.7 Å². The van der Waals surface area contributed by atoms with E-state index >= 15 is 0 Å². The highest BCUT2D eigenvalue weighted by Crippen LogP contribution is 2.38. The average Bonchev–Trinajstić information content (AvgIpc) is 2.65. The molecular formula is C9H12N3O8P-2. The van der Waals surface area contributed by atoms with Gasteiger partial charge in [0.1, 0.15) is 24.1 Å². The molecule has 12 heteroatoms. The molecule has 11 nitrogen and oxygen atoms in total. The van der Waals surface area contributed by atoms with Gasteiger partial charge in [-0.3, -0.25) is 4.57 Å². The fourth-order valence-electron chi connectivity index (χ4n) is 2.00. The quantitative estimate of drug-likeness (QED) is 0.466. The van der Waals surface area contributed by atoms with Gasteiger partial charge < -0.3 is 39.6 Å². The summed E-state index contributed by atoms with van der Waals surface area (Å²) in [6, 6.07) is 1.26. The molecule has 0 saturated carbocycles. The van der Waals surface area contributed by atoms with Crippen LogP contribution in [0.25, 0.3) is 0 Å². The monoisotopic (exact) mass is 321 g/mol. The smallest absolute Gasteiger partial charge is 0.351 e. The van der Waals surface area contributed by atoms with E-state index in [0.717, 1.165) is 4.57 Å². The van der Waals surface area contributed by atoms with Crippen molar-refractivity contribution in [2.24, 2.45) is 0 Å². The van der Waals surface area contributed by atoms with Crippen molar-refractivity contribution < 1.29 is 33.8 Å². The van der Waals surface area contributed by atoms with E-state index < -0.39 is 44.7 Å². The van der Waals surface area contributed by atoms with Crippen molar-refractivity contribution in [3.63, 3.8) is 0 Å². The largest absolute Gasteiger partial charge is 0.790 e. The summed E-state index contributed by atoms with van der Waals surface area (Å²) in [5, 5.41) is 19.1. The second-order valence-corrected chi connectivity index (χ2v) is 5.40. The first-order valence-electron chi connectivity index (χ1n) is 5.72. The number of anilines is 1. The molecule has 0 aromatic carbocycles. The van der Waals surface area contributed by atoms with Crippen LogP contribution in [0.3, 0.4) is 0 Å². The van der Waals surface area contributed by atoms with Crippen LogP contribution in [0.2, 0.25) is 0 Å². The van der Waals surface area contributed by atoms with E-state index in [1.54, 1.807) is 0 Å². The molecule has 1 aromatic heterocycles. The predicted octanol–water partition coefficient (Wildman–Crippen LogP) is -3.71. The molecule has 2 heterocycles. The van der Waals surface area contributed by atoms with Gasteiger partial charge in [-0.2, -0.15) is 4.98 Å². The van der Waals surface area contributed by atoms with Gasteiger partial charge in [-0.25, -0.2) is 4.79 Å². The van der Waals surface area contributed by atoms with Crippen LogP contribution < -0.4 is 21.2 Å². The van der Waals surface area contributed by atoms with Crippen LogP contribution in [-0.2, 0) is 13.8 Å². The number of aromatic nitrogens is 2. The van der Waals surface area contributed by atoms with Gasteiger partial charge in [0.15, 0.2) is 6.23 Å². The number of aliphatic hydroxyl groups is 2. The van der Waals surface area contributed by atoms with E-state index in [1.165, 1.54) is 12.3 Å². The number of phosphoric acid groups is 1. The Morgan fingerprint density at radius 2 is 2.24 bits per heavy atom. The zero-order valence-corrected chi connectivity index (χ0v) is 11.3. The summed E-state index contributed by atoms with van der Waals surface area (Å²) in [5.74, 6) is -0.0566. The van der Waals surface area contributed by atoms with E-state index in [9.17, 15) is 24.3 Å². The third-order valence-electron chi connectivity index (χ3n) is 2.87. The minimum atomic E-state index is -5.41. The predicted molar refractivity (Wildman–Crippen MR) is 62.4 cm³/mol. The summed E-state index contributed by atoms with van der Waals surface area (Å²) in [5.41, 5.74) is 4.46. The standard InChI is InChI=1S/C9H14N3O8P/c10-5-1-2-12(9(15)11-5)8-6(14)7(4(3-13)19-8)20-21(16,17)18/h1-2,4,6-8,13-14H,3H2,(H2,10,11,15)(H2,16,17,18)/p-2/t4-,6+,7-,8+/m1/s1. The second kappa shape index (κ2) is 5.81. The van der Waals surface area contributed by atoms with E-state index in [0.29, 0.717) is 0 Å². The number of rotatable bonds is 4. The van der Waals surface area contributed by atoms with Crippen molar-refractivity contribution in [3.8, 4) is 0 Å². The van der Waals surface area contributed by atoms with Crippen molar-refractivity contribution in [1.82, 2.24) is 9.55 Å². The molecule has 1 aromatic rings. The lowest BCUT2D eigenvalue weighted by Crippen LogP contribution is -2.39. The van der Waals surface area contributed by atoms with Crippen molar-refractivity contribution in [3.05, 3.63) is 22.7 Å². The lowest BCUT2D eigenvalue weighted by Gasteiger charge is -2.34. The Labute approximate surface area is 117 Å². The molecule has 0 radical (unpaired) electrons. The Hall–Kier alpha value is -1.33. The van der Waals surface area contributed by atoms with Crippen molar-refractivity contribution in [2.75, 3.05) is 12.3 Å². The number of aliphatic hydroxyl groups excluding tert-OH is 2. The normalized spacial score (nSPS) is 29.7. The highest BCUT2D eigenvalue weighted by Gasteiger charge is 2.46. The maximum atomic E-state index is 11.7. The van der Waals surface area contributed by atoms with Crippen molar-refractivity contribution in [2.45, 2.75) is 24.5 Å². The molecule has 1 saturated heterocycles. The molecule has 1 aliphatic heterocycles. The van der Waals surface area contributed by atoms with Crippen molar-refractivity contribution >= 4 is 13.6 Å². The Balaban J connectivity index is 2.31. The summed E-state index contributed by atoms with van der Waals surface area (Å²) in [6.45, 7) is -0.727. The van der Waals surface area contributed by atoms with Gasteiger partial charge in [-0.15, -0.1) is 0 Å². The summed E-state index contributed by atoms with van der Waals surface area (Å²) < 4.78 is 20.8. The molecule has 1 fully saturated rings. The van der Waals surface area contributed by atoms with Crippen LogP contribution in [0.5, 0.6) is 0 Å². The minimum Gasteiger partial charge on any atom is -0.790 e. The number of nitrogen functional groups attached to an aromatic ring is 1. The maximum absolute atomic E-state index is 11.7. The van der Waals surface area contributed by atoms with Crippen LogP contribution in [0.15, 0.2) is 17.1 Å². The third-order valence-corrected chi connectivity index (χ3v) is 3.37. The molecule has 4 N–H and O–H groups in total. The molecule has 0 bridgehead atoms. The van der Waals surface area contributed by atoms with E-state index in [1.807, 2.05) is 0 Å². The molecule has 0 amide bonds. The third kappa shape index (κ3) is 3.47. The molecule has 0 spiro atoms. The number of phosphoric ester groups is 1. The lowest BCUT2D eigenvalue weighted by molar-refractivity contribution is -0.347. The topological polar surface area (TPSA) is 183 Å². The number of hydrogen-bond donors (Lipinski definition) is 3. The van der Waals surface area contributed by atoms with Gasteiger partial charge >= 0.3 is 5.69 Å². The first-order valence-corrected chi connectivity index (χ1v) is 7.18. The Morgan fingerprint density at radius 3 is 2.76 bits per heavy atom. The summed E-state index contributed by atoms with van der Waals surface area (Å²) in [7, 11) is -5.41. The van der Waals surface area contributed by atoms with Gasteiger partial charge in [0, 0.05) is 6.20 Å².